The third-order valence-corrected chi connectivity index (χ3v) is 4.28. The van der Waals surface area contributed by atoms with Crippen molar-refractivity contribution in [1.82, 2.24) is 15.3 Å². The summed E-state index contributed by atoms with van der Waals surface area (Å²) in [5.41, 5.74) is -1.42. The Morgan fingerprint density at radius 3 is 2.21 bits per heavy atom. The molecule has 0 saturated heterocycles. The number of nitrogens with one attached hydrogen (secondary N) is 2. The molecule has 10 heteroatoms. The van der Waals surface area contributed by atoms with Crippen molar-refractivity contribution in [3.8, 4) is 0 Å². The number of ether oxygens (including phenoxy) is 1. The van der Waals surface area contributed by atoms with Crippen molar-refractivity contribution in [3.05, 3.63) is 11.8 Å². The normalized spacial score (nSPS) is 20.4. The van der Waals surface area contributed by atoms with E-state index in [-0.39, 0.29) is 23.8 Å². The van der Waals surface area contributed by atoms with Gasteiger partial charge in [-0.25, -0.2) is 9.78 Å². The molecule has 0 bridgehead atoms. The highest BCUT2D eigenvalue weighted by Crippen LogP contribution is 2.35. The van der Waals surface area contributed by atoms with Crippen molar-refractivity contribution < 1.29 is 22.7 Å². The quantitative estimate of drug-likeness (QED) is 0.796. The molecular weight excluding hydrogens is 375 g/mol. The molecule has 1 heterocycles. The number of alkyl carbamates (subject to hydrolysis) is 1. The van der Waals surface area contributed by atoms with Gasteiger partial charge in [0.05, 0.1) is 0 Å². The molecule has 1 aliphatic rings. The number of carbonyl (C=O) groups is 1. The molecule has 0 spiro atoms. The van der Waals surface area contributed by atoms with Gasteiger partial charge < -0.3 is 20.3 Å². The van der Waals surface area contributed by atoms with Gasteiger partial charge in [-0.2, -0.15) is 18.2 Å². The summed E-state index contributed by atoms with van der Waals surface area (Å²) in [4.78, 5) is 21.0. The highest BCUT2D eigenvalue weighted by atomic mass is 19.4. The summed E-state index contributed by atoms with van der Waals surface area (Å²) < 4.78 is 44.5. The topological polar surface area (TPSA) is 79.4 Å². The largest absolute Gasteiger partial charge is 0.444 e. The second kappa shape index (κ2) is 8.40. The van der Waals surface area contributed by atoms with E-state index >= 15 is 0 Å². The highest BCUT2D eigenvalue weighted by molar-refractivity contribution is 5.68. The Balaban J connectivity index is 1.92. The number of anilines is 2. The third-order valence-electron chi connectivity index (χ3n) is 4.28. The monoisotopic (exact) mass is 403 g/mol. The van der Waals surface area contributed by atoms with Crippen LogP contribution in [0.1, 0.15) is 52.0 Å². The molecule has 28 heavy (non-hydrogen) atoms. The van der Waals surface area contributed by atoms with Crippen molar-refractivity contribution >= 4 is 17.9 Å². The van der Waals surface area contributed by atoms with Gasteiger partial charge in [0.2, 0.25) is 5.95 Å². The summed E-state index contributed by atoms with van der Waals surface area (Å²) in [5.74, 6) is -0.00877. The molecule has 158 valence electrons. The van der Waals surface area contributed by atoms with Crippen LogP contribution < -0.4 is 15.5 Å². The zero-order valence-electron chi connectivity index (χ0n) is 16.9. The number of alkyl halides is 3. The Bertz CT molecular complexity index is 681. The van der Waals surface area contributed by atoms with Gasteiger partial charge in [-0.3, -0.25) is 0 Å². The van der Waals surface area contributed by atoms with Crippen LogP contribution in [-0.4, -0.2) is 47.8 Å². The summed E-state index contributed by atoms with van der Waals surface area (Å²) in [6, 6.07) is 0.0437. The Hall–Kier alpha value is -2.26. The number of nitrogens with zero attached hydrogens (tertiary/aromatic N) is 3. The first-order chi connectivity index (χ1) is 12.8. The molecule has 0 unspecified atom stereocenters. The van der Waals surface area contributed by atoms with E-state index in [1.54, 1.807) is 20.8 Å². The van der Waals surface area contributed by atoms with E-state index in [4.69, 9.17) is 4.74 Å². The van der Waals surface area contributed by atoms with Crippen LogP contribution in [-0.2, 0) is 10.9 Å². The van der Waals surface area contributed by atoms with Gasteiger partial charge >= 0.3 is 12.3 Å². The third kappa shape index (κ3) is 6.42. The first kappa shape index (κ1) is 22.0. The van der Waals surface area contributed by atoms with Gasteiger partial charge in [-0.05, 0) is 46.5 Å². The van der Waals surface area contributed by atoms with Gasteiger partial charge in [0, 0.05) is 32.4 Å². The van der Waals surface area contributed by atoms with E-state index in [1.807, 2.05) is 0 Å². The first-order valence-corrected chi connectivity index (χ1v) is 9.23. The second-order valence-corrected chi connectivity index (χ2v) is 8.16. The maximum atomic E-state index is 13.1. The fourth-order valence-corrected chi connectivity index (χ4v) is 3.02. The second-order valence-electron chi connectivity index (χ2n) is 8.16. The molecule has 1 amide bonds. The van der Waals surface area contributed by atoms with Gasteiger partial charge in [0.25, 0.3) is 0 Å². The summed E-state index contributed by atoms with van der Waals surface area (Å²) in [6.45, 7) is 5.42. The lowest BCUT2D eigenvalue weighted by molar-refractivity contribution is -0.137. The molecule has 2 rings (SSSR count). The van der Waals surface area contributed by atoms with Gasteiger partial charge in [-0.15, -0.1) is 0 Å². The first-order valence-electron chi connectivity index (χ1n) is 9.23. The molecule has 0 atom stereocenters. The molecule has 1 aromatic rings. The van der Waals surface area contributed by atoms with Crippen molar-refractivity contribution in [2.24, 2.45) is 0 Å². The number of halogens is 3. The fourth-order valence-electron chi connectivity index (χ4n) is 3.02. The number of hydrogen-bond acceptors (Lipinski definition) is 6. The molecule has 7 nitrogen and oxygen atoms in total. The SMILES string of the molecule is CN(C)c1nc(NC2CCC(NC(=O)OC(C)(C)C)CC2)ncc1C(F)(F)F. The molecule has 1 saturated carbocycles. The van der Waals surface area contributed by atoms with Gasteiger partial charge in [0.15, 0.2) is 0 Å². The van der Waals surface area contributed by atoms with Crippen LogP contribution in [0, 0.1) is 0 Å². The summed E-state index contributed by atoms with van der Waals surface area (Å²) >= 11 is 0. The Kier molecular flexibility index (Phi) is 6.61. The summed E-state index contributed by atoms with van der Waals surface area (Å²) in [7, 11) is 3.02. The van der Waals surface area contributed by atoms with E-state index in [0.717, 1.165) is 31.9 Å². The van der Waals surface area contributed by atoms with Crippen LogP contribution >= 0.6 is 0 Å². The molecular formula is C18H28F3N5O2. The van der Waals surface area contributed by atoms with Crippen LogP contribution in [0.5, 0.6) is 0 Å². The fraction of sp³-hybridized carbons (Fsp3) is 0.722. The van der Waals surface area contributed by atoms with Gasteiger partial charge in [-0.1, -0.05) is 0 Å². The molecule has 2 N–H and O–H groups in total. The molecule has 1 fully saturated rings. The standard InChI is InChI=1S/C18H28F3N5O2/c1-17(2,3)28-16(27)24-12-8-6-11(7-9-12)23-15-22-10-13(18(19,20)21)14(25-15)26(4)5/h10-12H,6-9H2,1-5H3,(H,24,27)(H,22,23,25). The lowest BCUT2D eigenvalue weighted by atomic mass is 9.91. The zero-order chi connectivity index (χ0) is 21.1. The van der Waals surface area contributed by atoms with Crippen molar-refractivity contribution in [1.29, 1.82) is 0 Å². The van der Waals surface area contributed by atoms with E-state index in [0.29, 0.717) is 0 Å². The van der Waals surface area contributed by atoms with Crippen LogP contribution in [0.15, 0.2) is 6.20 Å². The van der Waals surface area contributed by atoms with Crippen LogP contribution in [0.25, 0.3) is 0 Å². The smallest absolute Gasteiger partial charge is 0.421 e. The molecule has 0 radical (unpaired) electrons. The minimum atomic E-state index is -4.51. The minimum Gasteiger partial charge on any atom is -0.444 e. The van der Waals surface area contributed by atoms with Crippen molar-refractivity contribution in [2.45, 2.75) is 70.3 Å². The van der Waals surface area contributed by atoms with Gasteiger partial charge in [0.1, 0.15) is 17.0 Å². The average molecular weight is 403 g/mol. The summed E-state index contributed by atoms with van der Waals surface area (Å²) in [6.07, 6.45) is -1.20. The lowest BCUT2D eigenvalue weighted by Crippen LogP contribution is -2.42. The maximum absolute atomic E-state index is 13.1. The maximum Gasteiger partial charge on any atom is 0.421 e. The van der Waals surface area contributed by atoms with Crippen LogP contribution in [0.2, 0.25) is 0 Å². The number of hydrogen-bond donors (Lipinski definition) is 2. The van der Waals surface area contributed by atoms with Crippen LogP contribution in [0.3, 0.4) is 0 Å². The Labute approximate surface area is 163 Å². The predicted octanol–water partition coefficient (Wildman–Crippen LogP) is 3.81. The number of carbonyl (C=O) groups excluding carboxylic acids is 1. The zero-order valence-corrected chi connectivity index (χ0v) is 16.9. The number of amides is 1. The lowest BCUT2D eigenvalue weighted by Gasteiger charge is -2.30. The van der Waals surface area contributed by atoms with E-state index in [9.17, 15) is 18.0 Å². The highest BCUT2D eigenvalue weighted by Gasteiger charge is 2.36. The summed E-state index contributed by atoms with van der Waals surface area (Å²) in [5, 5.41) is 5.96. The average Bonchev–Trinajstić information content (AvgIpc) is 2.53. The predicted molar refractivity (Wildman–Crippen MR) is 100 cm³/mol. The van der Waals surface area contributed by atoms with Crippen LogP contribution in [0.4, 0.5) is 29.7 Å². The minimum absolute atomic E-state index is 0.0127. The molecule has 0 aliphatic heterocycles. The van der Waals surface area contributed by atoms with E-state index < -0.39 is 23.4 Å². The molecule has 0 aromatic carbocycles. The molecule has 1 aromatic heterocycles. The van der Waals surface area contributed by atoms with E-state index in [2.05, 4.69) is 20.6 Å². The van der Waals surface area contributed by atoms with Crippen molar-refractivity contribution in [3.63, 3.8) is 0 Å². The van der Waals surface area contributed by atoms with E-state index in [1.165, 1.54) is 19.0 Å². The van der Waals surface area contributed by atoms with Crippen molar-refractivity contribution in [2.75, 3.05) is 24.3 Å². The Morgan fingerprint density at radius 1 is 1.14 bits per heavy atom. The number of aromatic nitrogens is 2. The number of rotatable bonds is 4. The molecule has 1 aliphatic carbocycles. The Morgan fingerprint density at radius 2 is 1.71 bits per heavy atom.